The van der Waals surface area contributed by atoms with Crippen molar-refractivity contribution in [3.8, 4) is 0 Å². The van der Waals surface area contributed by atoms with Crippen molar-refractivity contribution >= 4 is 50.8 Å². The van der Waals surface area contributed by atoms with E-state index in [1.165, 1.54) is 10.4 Å². The van der Waals surface area contributed by atoms with Gasteiger partial charge in [-0.3, -0.25) is 0 Å². The molecular weight excluding hydrogens is 305 g/mol. The summed E-state index contributed by atoms with van der Waals surface area (Å²) >= 11 is 12.6. The van der Waals surface area contributed by atoms with Gasteiger partial charge in [-0.1, -0.05) is 23.2 Å². The van der Waals surface area contributed by atoms with Crippen LogP contribution in [0.15, 0.2) is 11.0 Å². The minimum atomic E-state index is -3.71. The van der Waals surface area contributed by atoms with Crippen molar-refractivity contribution in [2.24, 2.45) is 0 Å². The highest BCUT2D eigenvalue weighted by atomic mass is 35.5. The van der Waals surface area contributed by atoms with Crippen LogP contribution in [0, 0.1) is 0 Å². The number of halogens is 2. The number of rotatable bonds is 3. The maximum atomic E-state index is 12.3. The summed E-state index contributed by atoms with van der Waals surface area (Å²) in [5, 5.41) is 0. The summed E-state index contributed by atoms with van der Waals surface area (Å²) in [5.41, 5.74) is 0. The van der Waals surface area contributed by atoms with E-state index < -0.39 is 16.1 Å². The molecule has 0 spiro atoms. The summed E-state index contributed by atoms with van der Waals surface area (Å²) in [6.45, 7) is 0.343. The van der Waals surface area contributed by atoms with E-state index in [0.717, 1.165) is 11.3 Å². The van der Waals surface area contributed by atoms with E-state index in [1.54, 1.807) is 0 Å². The van der Waals surface area contributed by atoms with Gasteiger partial charge in [-0.05, 0) is 18.9 Å². The third-order valence-corrected chi connectivity index (χ3v) is 6.29. The van der Waals surface area contributed by atoms with Gasteiger partial charge in [0.25, 0.3) is 0 Å². The summed E-state index contributed by atoms with van der Waals surface area (Å²) < 4.78 is 26.2. The standard InChI is InChI=1S/C9H9Cl2NO3S2/c10-8-4-7(9(11)16-8)17(14,15)12-3-1-2-6(12)5-13/h4-6H,1-3H2/t6-/m1/s1. The fourth-order valence-electron chi connectivity index (χ4n) is 1.83. The van der Waals surface area contributed by atoms with Crippen molar-refractivity contribution in [2.45, 2.75) is 23.8 Å². The predicted molar refractivity (Wildman–Crippen MR) is 67.3 cm³/mol. The minimum Gasteiger partial charge on any atom is -0.302 e. The van der Waals surface area contributed by atoms with Crippen LogP contribution in [0.25, 0.3) is 0 Å². The number of carbonyl (C=O) groups excluding carboxylic acids is 1. The summed E-state index contributed by atoms with van der Waals surface area (Å²) in [4.78, 5) is 10.8. The lowest BCUT2D eigenvalue weighted by Gasteiger charge is -2.19. The van der Waals surface area contributed by atoms with Crippen molar-refractivity contribution in [1.82, 2.24) is 4.31 Å². The Morgan fingerprint density at radius 3 is 2.71 bits per heavy atom. The van der Waals surface area contributed by atoms with Gasteiger partial charge in [0, 0.05) is 6.54 Å². The molecule has 8 heteroatoms. The van der Waals surface area contributed by atoms with Gasteiger partial charge >= 0.3 is 0 Å². The zero-order chi connectivity index (χ0) is 12.6. The molecule has 2 rings (SSSR count). The molecule has 17 heavy (non-hydrogen) atoms. The SMILES string of the molecule is O=C[C@H]1CCCN1S(=O)(=O)c1cc(Cl)sc1Cl. The van der Waals surface area contributed by atoms with E-state index in [9.17, 15) is 13.2 Å². The molecular formula is C9H9Cl2NO3S2. The molecule has 0 saturated carbocycles. The average Bonchev–Trinajstić information content (AvgIpc) is 2.84. The number of carbonyl (C=O) groups is 1. The molecule has 4 nitrogen and oxygen atoms in total. The second kappa shape index (κ2) is 4.85. The highest BCUT2D eigenvalue weighted by Crippen LogP contribution is 2.37. The van der Waals surface area contributed by atoms with E-state index in [0.29, 0.717) is 30.0 Å². The number of sulfonamides is 1. The van der Waals surface area contributed by atoms with E-state index >= 15 is 0 Å². The molecule has 0 bridgehead atoms. The van der Waals surface area contributed by atoms with Crippen molar-refractivity contribution in [1.29, 1.82) is 0 Å². The first-order valence-corrected chi connectivity index (χ1v) is 7.90. The molecule has 1 aromatic rings. The molecule has 1 aliphatic heterocycles. The van der Waals surface area contributed by atoms with Crippen LogP contribution < -0.4 is 0 Å². The van der Waals surface area contributed by atoms with Gasteiger partial charge in [-0.15, -0.1) is 11.3 Å². The van der Waals surface area contributed by atoms with E-state index in [4.69, 9.17) is 23.2 Å². The van der Waals surface area contributed by atoms with Crippen molar-refractivity contribution in [2.75, 3.05) is 6.54 Å². The van der Waals surface area contributed by atoms with Gasteiger partial charge < -0.3 is 4.79 Å². The zero-order valence-corrected chi connectivity index (χ0v) is 11.7. The average molecular weight is 314 g/mol. The van der Waals surface area contributed by atoms with Crippen LogP contribution in [-0.4, -0.2) is 31.6 Å². The monoisotopic (exact) mass is 313 g/mol. The van der Waals surface area contributed by atoms with Crippen LogP contribution in [0.3, 0.4) is 0 Å². The van der Waals surface area contributed by atoms with Crippen molar-refractivity contribution < 1.29 is 13.2 Å². The van der Waals surface area contributed by atoms with Gasteiger partial charge in [0.1, 0.15) is 15.5 Å². The molecule has 1 fully saturated rings. The molecule has 0 amide bonds. The molecule has 0 aliphatic carbocycles. The molecule has 0 radical (unpaired) electrons. The number of nitrogens with zero attached hydrogens (tertiary/aromatic N) is 1. The maximum absolute atomic E-state index is 12.3. The molecule has 1 atom stereocenters. The normalized spacial score (nSPS) is 21.9. The first-order valence-electron chi connectivity index (χ1n) is 4.89. The summed E-state index contributed by atoms with van der Waals surface area (Å²) in [5.74, 6) is 0. The Bertz CT molecular complexity index is 540. The summed E-state index contributed by atoms with van der Waals surface area (Å²) in [6, 6.07) is 0.735. The van der Waals surface area contributed by atoms with Crippen molar-refractivity contribution in [3.63, 3.8) is 0 Å². The van der Waals surface area contributed by atoms with Gasteiger partial charge in [-0.2, -0.15) is 4.31 Å². The second-order valence-corrected chi connectivity index (χ2v) is 7.79. The van der Waals surface area contributed by atoms with Crippen LogP contribution in [0.2, 0.25) is 8.67 Å². The highest BCUT2D eigenvalue weighted by molar-refractivity contribution is 7.89. The Morgan fingerprint density at radius 1 is 1.47 bits per heavy atom. The topological polar surface area (TPSA) is 54.5 Å². The zero-order valence-electron chi connectivity index (χ0n) is 8.60. The lowest BCUT2D eigenvalue weighted by Crippen LogP contribution is -2.36. The maximum Gasteiger partial charge on any atom is 0.246 e. The molecule has 2 heterocycles. The third kappa shape index (κ3) is 2.37. The van der Waals surface area contributed by atoms with Crippen LogP contribution in [0.4, 0.5) is 0 Å². The summed E-state index contributed by atoms with van der Waals surface area (Å²) in [7, 11) is -3.71. The minimum absolute atomic E-state index is 0.0112. The highest BCUT2D eigenvalue weighted by Gasteiger charge is 2.36. The fraction of sp³-hybridized carbons (Fsp3) is 0.444. The lowest BCUT2D eigenvalue weighted by molar-refractivity contribution is -0.110. The molecule has 0 aromatic carbocycles. The van der Waals surface area contributed by atoms with Crippen LogP contribution >= 0.6 is 34.5 Å². The molecule has 0 N–H and O–H groups in total. The van der Waals surface area contributed by atoms with Crippen LogP contribution in [0.1, 0.15) is 12.8 Å². The van der Waals surface area contributed by atoms with Gasteiger partial charge in [-0.25, -0.2) is 8.42 Å². The Kier molecular flexibility index (Phi) is 3.80. The van der Waals surface area contributed by atoms with E-state index in [-0.39, 0.29) is 9.23 Å². The van der Waals surface area contributed by atoms with Crippen LogP contribution in [0.5, 0.6) is 0 Å². The first-order chi connectivity index (χ1) is 7.96. The Labute approximate surface area is 113 Å². The second-order valence-electron chi connectivity index (χ2n) is 3.65. The van der Waals surface area contributed by atoms with Crippen LogP contribution in [-0.2, 0) is 14.8 Å². The lowest BCUT2D eigenvalue weighted by atomic mass is 10.2. The first kappa shape index (κ1) is 13.3. The number of hydrogen-bond donors (Lipinski definition) is 0. The Balaban J connectivity index is 2.43. The molecule has 1 aromatic heterocycles. The predicted octanol–water partition coefficient (Wildman–Crippen LogP) is 2.41. The smallest absolute Gasteiger partial charge is 0.246 e. The summed E-state index contributed by atoms with van der Waals surface area (Å²) in [6.07, 6.45) is 1.89. The molecule has 0 unspecified atom stereocenters. The molecule has 94 valence electrons. The third-order valence-electron chi connectivity index (χ3n) is 2.62. The van der Waals surface area contributed by atoms with E-state index in [1.807, 2.05) is 0 Å². The van der Waals surface area contributed by atoms with Gasteiger partial charge in [0.05, 0.1) is 10.4 Å². The van der Waals surface area contributed by atoms with Crippen molar-refractivity contribution in [3.05, 3.63) is 14.7 Å². The molecule has 1 aliphatic rings. The van der Waals surface area contributed by atoms with Gasteiger partial charge in [0.2, 0.25) is 10.0 Å². The Morgan fingerprint density at radius 2 is 2.18 bits per heavy atom. The number of thiophene rings is 1. The molecule has 1 saturated heterocycles. The Hall–Kier alpha value is -0.140. The quantitative estimate of drug-likeness (QED) is 0.805. The van der Waals surface area contributed by atoms with E-state index in [2.05, 4.69) is 0 Å². The largest absolute Gasteiger partial charge is 0.302 e. The fourth-order valence-corrected chi connectivity index (χ4v) is 5.57. The van der Waals surface area contributed by atoms with Gasteiger partial charge in [0.15, 0.2) is 0 Å². The number of hydrogen-bond acceptors (Lipinski definition) is 4. The number of aldehydes is 1.